The number of rotatable bonds is 7. The summed E-state index contributed by atoms with van der Waals surface area (Å²) in [6.45, 7) is 7.17. The number of carboxylic acid groups (broad SMARTS) is 1. The molecule has 1 aromatic carbocycles. The summed E-state index contributed by atoms with van der Waals surface area (Å²) in [5.74, 6) is -1.85. The van der Waals surface area contributed by atoms with Crippen LogP contribution in [0.25, 0.3) is 0 Å². The zero-order valence-corrected chi connectivity index (χ0v) is 12.8. The summed E-state index contributed by atoms with van der Waals surface area (Å²) >= 11 is 0. The molecule has 1 heterocycles. The summed E-state index contributed by atoms with van der Waals surface area (Å²) < 4.78 is 0. The highest BCUT2D eigenvalue weighted by atomic mass is 16.4. The fraction of sp³-hybridized carbons (Fsp3) is 0.438. The van der Waals surface area contributed by atoms with Gasteiger partial charge < -0.3 is 10.0 Å². The van der Waals surface area contributed by atoms with Gasteiger partial charge in [0.05, 0.1) is 16.7 Å². The van der Waals surface area contributed by atoms with E-state index in [-0.39, 0.29) is 22.6 Å². The predicted octanol–water partition coefficient (Wildman–Crippen LogP) is 1.71. The van der Waals surface area contributed by atoms with Crippen LogP contribution in [0.1, 0.15) is 51.3 Å². The van der Waals surface area contributed by atoms with Crippen molar-refractivity contribution in [1.29, 1.82) is 0 Å². The minimum absolute atomic E-state index is 0.0184. The van der Waals surface area contributed by atoms with Crippen LogP contribution in [0, 0.1) is 0 Å². The van der Waals surface area contributed by atoms with Crippen LogP contribution in [0.15, 0.2) is 18.2 Å². The van der Waals surface area contributed by atoms with Crippen molar-refractivity contribution < 1.29 is 19.5 Å². The average Bonchev–Trinajstić information content (AvgIpc) is 2.75. The van der Waals surface area contributed by atoms with Gasteiger partial charge in [0.1, 0.15) is 0 Å². The Hall–Kier alpha value is -2.21. The molecule has 6 heteroatoms. The maximum absolute atomic E-state index is 12.3. The van der Waals surface area contributed by atoms with E-state index in [0.29, 0.717) is 13.0 Å². The van der Waals surface area contributed by atoms with Crippen LogP contribution < -0.4 is 0 Å². The first-order chi connectivity index (χ1) is 10.5. The highest BCUT2D eigenvalue weighted by Gasteiger charge is 2.35. The predicted molar refractivity (Wildman–Crippen MR) is 81.2 cm³/mol. The van der Waals surface area contributed by atoms with Crippen LogP contribution in [0.2, 0.25) is 0 Å². The molecule has 1 N–H and O–H groups in total. The Balaban J connectivity index is 2.09. The van der Waals surface area contributed by atoms with Crippen molar-refractivity contribution in [3.05, 3.63) is 34.9 Å². The zero-order chi connectivity index (χ0) is 16.3. The lowest BCUT2D eigenvalue weighted by Gasteiger charge is -2.20. The molecular formula is C16H20N2O4. The lowest BCUT2D eigenvalue weighted by molar-refractivity contribution is 0.0646. The number of hydrogen-bond donors (Lipinski definition) is 1. The van der Waals surface area contributed by atoms with Crippen LogP contribution in [-0.2, 0) is 0 Å². The van der Waals surface area contributed by atoms with Crippen LogP contribution in [-0.4, -0.2) is 58.9 Å². The van der Waals surface area contributed by atoms with Crippen LogP contribution in [0.3, 0.4) is 0 Å². The maximum Gasteiger partial charge on any atom is 0.335 e. The summed E-state index contributed by atoms with van der Waals surface area (Å²) in [6, 6.07) is 4.05. The number of benzene rings is 1. The summed E-state index contributed by atoms with van der Waals surface area (Å²) in [5, 5.41) is 8.98. The Labute approximate surface area is 129 Å². The van der Waals surface area contributed by atoms with Gasteiger partial charge in [-0.3, -0.25) is 14.5 Å². The zero-order valence-electron chi connectivity index (χ0n) is 12.8. The molecule has 1 aromatic rings. The SMILES string of the molecule is CCN(CC)CCCN1C(=O)c2ccc(C(=O)O)cc2C1=O. The Morgan fingerprint density at radius 1 is 1.14 bits per heavy atom. The molecule has 0 fully saturated rings. The van der Waals surface area contributed by atoms with Crippen LogP contribution >= 0.6 is 0 Å². The number of aromatic carboxylic acids is 1. The number of carboxylic acids is 1. The molecular weight excluding hydrogens is 284 g/mol. The second-order valence-electron chi connectivity index (χ2n) is 5.21. The van der Waals surface area contributed by atoms with E-state index in [2.05, 4.69) is 18.7 Å². The highest BCUT2D eigenvalue weighted by molar-refractivity contribution is 6.21. The monoisotopic (exact) mass is 304 g/mol. The van der Waals surface area contributed by atoms with Crippen LogP contribution in [0.4, 0.5) is 0 Å². The van der Waals surface area contributed by atoms with Crippen molar-refractivity contribution in [2.45, 2.75) is 20.3 Å². The number of hydrogen-bond acceptors (Lipinski definition) is 4. The van der Waals surface area contributed by atoms with E-state index >= 15 is 0 Å². The molecule has 22 heavy (non-hydrogen) atoms. The summed E-state index contributed by atoms with van der Waals surface area (Å²) in [7, 11) is 0. The second kappa shape index (κ2) is 6.70. The molecule has 2 rings (SSSR count). The van der Waals surface area contributed by atoms with Gasteiger partial charge in [0, 0.05) is 6.54 Å². The molecule has 0 aliphatic carbocycles. The molecule has 0 aromatic heterocycles. The Morgan fingerprint density at radius 3 is 2.36 bits per heavy atom. The van der Waals surface area contributed by atoms with Crippen molar-refractivity contribution >= 4 is 17.8 Å². The molecule has 0 bridgehead atoms. The van der Waals surface area contributed by atoms with E-state index < -0.39 is 11.9 Å². The van der Waals surface area contributed by atoms with Gasteiger partial charge in [-0.25, -0.2) is 4.79 Å². The minimum Gasteiger partial charge on any atom is -0.478 e. The van der Waals surface area contributed by atoms with Gasteiger partial charge in [-0.05, 0) is 44.3 Å². The van der Waals surface area contributed by atoms with Crippen molar-refractivity contribution in [3.8, 4) is 0 Å². The molecule has 6 nitrogen and oxygen atoms in total. The minimum atomic E-state index is -1.11. The topological polar surface area (TPSA) is 77.9 Å². The third kappa shape index (κ3) is 3.01. The second-order valence-corrected chi connectivity index (χ2v) is 5.21. The van der Waals surface area contributed by atoms with Crippen molar-refractivity contribution in [2.75, 3.05) is 26.2 Å². The van der Waals surface area contributed by atoms with E-state index in [4.69, 9.17) is 5.11 Å². The van der Waals surface area contributed by atoms with Crippen molar-refractivity contribution in [2.24, 2.45) is 0 Å². The molecule has 0 unspecified atom stereocenters. The summed E-state index contributed by atoms with van der Waals surface area (Å²) in [6.07, 6.45) is 0.707. The number of carbonyl (C=O) groups is 3. The van der Waals surface area contributed by atoms with Gasteiger partial charge in [-0.1, -0.05) is 13.8 Å². The summed E-state index contributed by atoms with van der Waals surface area (Å²) in [4.78, 5) is 38.9. The van der Waals surface area contributed by atoms with Crippen LogP contribution in [0.5, 0.6) is 0 Å². The highest BCUT2D eigenvalue weighted by Crippen LogP contribution is 2.24. The third-order valence-electron chi connectivity index (χ3n) is 3.97. The third-order valence-corrected chi connectivity index (χ3v) is 3.97. The Bertz CT molecular complexity index is 608. The quantitative estimate of drug-likeness (QED) is 0.776. The fourth-order valence-electron chi connectivity index (χ4n) is 2.62. The molecule has 0 atom stereocenters. The normalized spacial score (nSPS) is 13.9. The number of imide groups is 1. The Morgan fingerprint density at radius 2 is 1.77 bits per heavy atom. The van der Waals surface area contributed by atoms with Gasteiger partial charge in [-0.15, -0.1) is 0 Å². The van der Waals surface area contributed by atoms with E-state index in [0.717, 1.165) is 19.6 Å². The first-order valence-electron chi connectivity index (χ1n) is 7.45. The molecule has 1 aliphatic rings. The molecule has 1 aliphatic heterocycles. The fourth-order valence-corrected chi connectivity index (χ4v) is 2.62. The molecule has 0 saturated carbocycles. The summed E-state index contributed by atoms with van der Waals surface area (Å²) in [5.41, 5.74) is 0.496. The first kappa shape index (κ1) is 16.2. The van der Waals surface area contributed by atoms with Crippen molar-refractivity contribution in [1.82, 2.24) is 9.80 Å². The van der Waals surface area contributed by atoms with E-state index in [1.165, 1.54) is 23.1 Å². The first-order valence-corrected chi connectivity index (χ1v) is 7.45. The van der Waals surface area contributed by atoms with E-state index in [1.54, 1.807) is 0 Å². The average molecular weight is 304 g/mol. The number of carbonyl (C=O) groups excluding carboxylic acids is 2. The molecule has 0 saturated heterocycles. The largest absolute Gasteiger partial charge is 0.478 e. The number of amides is 2. The smallest absolute Gasteiger partial charge is 0.335 e. The van der Waals surface area contributed by atoms with Gasteiger partial charge in [0.25, 0.3) is 11.8 Å². The van der Waals surface area contributed by atoms with Crippen molar-refractivity contribution in [3.63, 3.8) is 0 Å². The lowest BCUT2D eigenvalue weighted by atomic mass is 10.1. The van der Waals surface area contributed by atoms with Gasteiger partial charge in [0.2, 0.25) is 0 Å². The number of nitrogens with zero attached hydrogens (tertiary/aromatic N) is 2. The van der Waals surface area contributed by atoms with Gasteiger partial charge >= 0.3 is 5.97 Å². The standard InChI is InChI=1S/C16H20N2O4/c1-3-17(4-2)8-5-9-18-14(19)12-7-6-11(16(21)22)10-13(12)15(18)20/h6-7,10H,3-5,8-9H2,1-2H3,(H,21,22). The maximum atomic E-state index is 12.3. The number of fused-ring (bicyclic) bond motifs is 1. The van der Waals surface area contributed by atoms with E-state index in [9.17, 15) is 14.4 Å². The Kier molecular flexibility index (Phi) is 4.92. The van der Waals surface area contributed by atoms with E-state index in [1.807, 2.05) is 0 Å². The lowest BCUT2D eigenvalue weighted by Crippen LogP contribution is -2.33. The molecule has 118 valence electrons. The van der Waals surface area contributed by atoms with Gasteiger partial charge in [0.15, 0.2) is 0 Å². The molecule has 2 amide bonds. The molecule has 0 spiro atoms. The van der Waals surface area contributed by atoms with Gasteiger partial charge in [-0.2, -0.15) is 0 Å². The molecule has 0 radical (unpaired) electrons.